The van der Waals surface area contributed by atoms with Gasteiger partial charge in [0.25, 0.3) is 0 Å². The highest BCUT2D eigenvalue weighted by atomic mass is 16.5. The Hall–Kier alpha value is -1.87. The normalized spacial score (nSPS) is 22.6. The topological polar surface area (TPSA) is 26.3 Å². The van der Waals surface area contributed by atoms with E-state index in [1.54, 1.807) is 0 Å². The second-order valence-electron chi connectivity index (χ2n) is 7.42. The Morgan fingerprint density at radius 3 is 2.68 bits per heavy atom. The van der Waals surface area contributed by atoms with Crippen LogP contribution >= 0.6 is 0 Å². The van der Waals surface area contributed by atoms with Crippen molar-refractivity contribution >= 4 is 5.97 Å². The van der Waals surface area contributed by atoms with Crippen molar-refractivity contribution in [3.05, 3.63) is 60.7 Å². The molecule has 1 saturated heterocycles. The number of rotatable bonds is 8. The molecular weight excluding hydrogens is 310 g/mol. The number of quaternary nitrogens is 1. The minimum atomic E-state index is -0.175. The predicted octanol–water partition coefficient (Wildman–Crippen LogP) is 4.08. The predicted molar refractivity (Wildman–Crippen MR) is 101 cm³/mol. The molecule has 1 aromatic rings. The Morgan fingerprint density at radius 1 is 1.28 bits per heavy atom. The molecule has 3 heteroatoms. The van der Waals surface area contributed by atoms with Crippen molar-refractivity contribution < 1.29 is 14.0 Å². The fraction of sp³-hybridized carbons (Fsp3) is 0.500. The van der Waals surface area contributed by atoms with E-state index in [0.717, 1.165) is 36.0 Å². The summed E-state index contributed by atoms with van der Waals surface area (Å²) in [4.78, 5) is 12.9. The van der Waals surface area contributed by atoms with E-state index in [9.17, 15) is 4.79 Å². The summed E-state index contributed by atoms with van der Waals surface area (Å²) in [5, 5.41) is 0. The molecule has 2 atom stereocenters. The third kappa shape index (κ3) is 4.40. The summed E-state index contributed by atoms with van der Waals surface area (Å²) in [6.07, 6.45) is 11.0. The average molecular weight is 340 g/mol. The number of esters is 1. The van der Waals surface area contributed by atoms with Gasteiger partial charge < -0.3 is 9.22 Å². The SMILES string of the molecule is C=CC[N+]1(CCOC(=O)[C@H](c2ccccc2)[C@@H]2C=CCC2)CCCC1. The van der Waals surface area contributed by atoms with E-state index in [2.05, 4.69) is 18.7 Å². The molecule has 0 N–H and O–H groups in total. The van der Waals surface area contributed by atoms with E-state index in [1.807, 2.05) is 36.4 Å². The van der Waals surface area contributed by atoms with Crippen molar-refractivity contribution in [2.45, 2.75) is 31.6 Å². The van der Waals surface area contributed by atoms with Gasteiger partial charge >= 0.3 is 5.97 Å². The van der Waals surface area contributed by atoms with Crippen LogP contribution in [-0.2, 0) is 9.53 Å². The van der Waals surface area contributed by atoms with Crippen molar-refractivity contribution in [1.29, 1.82) is 0 Å². The average Bonchev–Trinajstić information content (AvgIpc) is 3.29. The van der Waals surface area contributed by atoms with Crippen LogP contribution < -0.4 is 0 Å². The standard InChI is InChI=1S/C22H30NO2/c1-2-14-23(15-8-9-16-23)17-18-25-22(24)21(20-12-6-7-13-20)19-10-4-3-5-11-19/h2-6,10-12,20-21H,1,7-9,13-18H2/q+1/t20-,21-/m1/s1. The van der Waals surface area contributed by atoms with Crippen LogP contribution in [0.3, 0.4) is 0 Å². The molecule has 0 unspecified atom stereocenters. The number of ether oxygens (including phenoxy) is 1. The third-order valence-corrected chi connectivity index (χ3v) is 5.73. The van der Waals surface area contributed by atoms with Gasteiger partial charge in [0.15, 0.2) is 0 Å². The Labute approximate surface area is 151 Å². The molecule has 1 aromatic carbocycles. The monoisotopic (exact) mass is 340 g/mol. The van der Waals surface area contributed by atoms with Gasteiger partial charge in [-0.3, -0.25) is 4.79 Å². The summed E-state index contributed by atoms with van der Waals surface area (Å²) in [6.45, 7) is 8.64. The van der Waals surface area contributed by atoms with Crippen molar-refractivity contribution in [2.75, 3.05) is 32.8 Å². The molecule has 0 radical (unpaired) electrons. The lowest BCUT2D eigenvalue weighted by molar-refractivity contribution is -0.911. The van der Waals surface area contributed by atoms with Crippen LogP contribution in [0.25, 0.3) is 0 Å². The minimum Gasteiger partial charge on any atom is -0.459 e. The summed E-state index contributed by atoms with van der Waals surface area (Å²) in [5.74, 6) is 0.0167. The van der Waals surface area contributed by atoms with E-state index in [4.69, 9.17) is 4.74 Å². The maximum absolute atomic E-state index is 12.9. The summed E-state index contributed by atoms with van der Waals surface area (Å²) in [5.41, 5.74) is 1.07. The number of nitrogens with zero attached hydrogens (tertiary/aromatic N) is 1. The lowest BCUT2D eigenvalue weighted by Crippen LogP contribution is -2.47. The molecule has 3 nitrogen and oxygen atoms in total. The molecule has 1 fully saturated rings. The molecular formula is C22H30NO2+. The first kappa shape index (κ1) is 17.9. The van der Waals surface area contributed by atoms with E-state index in [-0.39, 0.29) is 17.8 Å². The van der Waals surface area contributed by atoms with E-state index in [1.165, 1.54) is 25.9 Å². The lowest BCUT2D eigenvalue weighted by Gasteiger charge is -2.33. The Morgan fingerprint density at radius 2 is 2.04 bits per heavy atom. The quantitative estimate of drug-likeness (QED) is 0.405. The highest BCUT2D eigenvalue weighted by Crippen LogP contribution is 2.34. The number of likely N-dealkylation sites (tertiary alicyclic amines) is 1. The van der Waals surface area contributed by atoms with Crippen molar-refractivity contribution in [3.8, 4) is 0 Å². The zero-order valence-electron chi connectivity index (χ0n) is 15.1. The van der Waals surface area contributed by atoms with Crippen LogP contribution in [0, 0.1) is 5.92 Å². The first-order chi connectivity index (χ1) is 12.2. The van der Waals surface area contributed by atoms with Gasteiger partial charge in [-0.2, -0.15) is 0 Å². The van der Waals surface area contributed by atoms with E-state index in [0.29, 0.717) is 6.61 Å². The number of hydrogen-bond acceptors (Lipinski definition) is 2. The summed E-state index contributed by atoms with van der Waals surface area (Å²) < 4.78 is 6.81. The van der Waals surface area contributed by atoms with Crippen molar-refractivity contribution in [2.24, 2.45) is 5.92 Å². The molecule has 0 spiro atoms. The highest BCUT2D eigenvalue weighted by molar-refractivity contribution is 5.79. The minimum absolute atomic E-state index is 0.0706. The van der Waals surface area contributed by atoms with Crippen LogP contribution in [0.5, 0.6) is 0 Å². The second kappa shape index (κ2) is 8.48. The number of carbonyl (C=O) groups excluding carboxylic acids is 1. The summed E-state index contributed by atoms with van der Waals surface area (Å²) in [6, 6.07) is 10.1. The zero-order chi connectivity index (χ0) is 17.5. The largest absolute Gasteiger partial charge is 0.459 e. The molecule has 0 saturated carbocycles. The Kier molecular flexibility index (Phi) is 6.09. The Bertz CT molecular complexity index is 602. The second-order valence-corrected chi connectivity index (χ2v) is 7.42. The maximum atomic E-state index is 12.9. The van der Waals surface area contributed by atoms with Crippen LogP contribution in [0.4, 0.5) is 0 Å². The van der Waals surface area contributed by atoms with Crippen LogP contribution in [0.2, 0.25) is 0 Å². The molecule has 2 aliphatic rings. The molecule has 0 aromatic heterocycles. The first-order valence-electron chi connectivity index (χ1n) is 9.58. The molecule has 1 heterocycles. The van der Waals surface area contributed by atoms with Crippen LogP contribution in [0.15, 0.2) is 55.1 Å². The van der Waals surface area contributed by atoms with Gasteiger partial charge in [-0.1, -0.05) is 49.1 Å². The van der Waals surface area contributed by atoms with Gasteiger partial charge in [-0.25, -0.2) is 0 Å². The fourth-order valence-corrected chi connectivity index (χ4v) is 4.36. The maximum Gasteiger partial charge on any atom is 0.314 e. The molecule has 0 amide bonds. The van der Waals surface area contributed by atoms with E-state index < -0.39 is 0 Å². The van der Waals surface area contributed by atoms with Crippen molar-refractivity contribution in [3.63, 3.8) is 0 Å². The van der Waals surface area contributed by atoms with E-state index >= 15 is 0 Å². The van der Waals surface area contributed by atoms with Crippen LogP contribution in [-0.4, -0.2) is 43.2 Å². The smallest absolute Gasteiger partial charge is 0.314 e. The Balaban J connectivity index is 1.62. The van der Waals surface area contributed by atoms with Gasteiger partial charge in [-0.05, 0) is 30.4 Å². The molecule has 3 rings (SSSR count). The molecule has 1 aliphatic heterocycles. The first-order valence-corrected chi connectivity index (χ1v) is 9.58. The van der Waals surface area contributed by atoms with Gasteiger partial charge in [0.2, 0.25) is 0 Å². The summed E-state index contributed by atoms with van der Waals surface area (Å²) in [7, 11) is 0. The lowest BCUT2D eigenvalue weighted by atomic mass is 9.85. The van der Waals surface area contributed by atoms with Crippen LogP contribution in [0.1, 0.15) is 37.2 Å². The highest BCUT2D eigenvalue weighted by Gasteiger charge is 2.33. The zero-order valence-corrected chi connectivity index (χ0v) is 15.1. The number of allylic oxidation sites excluding steroid dienone is 2. The fourth-order valence-electron chi connectivity index (χ4n) is 4.36. The third-order valence-electron chi connectivity index (χ3n) is 5.73. The molecule has 0 bridgehead atoms. The molecule has 25 heavy (non-hydrogen) atoms. The van der Waals surface area contributed by atoms with Gasteiger partial charge in [0, 0.05) is 12.8 Å². The molecule has 1 aliphatic carbocycles. The van der Waals surface area contributed by atoms with Gasteiger partial charge in [-0.15, -0.1) is 0 Å². The number of benzene rings is 1. The number of hydrogen-bond donors (Lipinski definition) is 0. The number of carbonyl (C=O) groups is 1. The van der Waals surface area contributed by atoms with Gasteiger partial charge in [0.1, 0.15) is 13.2 Å². The molecule has 134 valence electrons. The summed E-state index contributed by atoms with van der Waals surface area (Å²) >= 11 is 0. The van der Waals surface area contributed by atoms with Gasteiger partial charge in [0.05, 0.1) is 25.6 Å². The van der Waals surface area contributed by atoms with Crippen molar-refractivity contribution in [1.82, 2.24) is 0 Å².